The van der Waals surface area contributed by atoms with Gasteiger partial charge < -0.3 is 14.8 Å². The average Bonchev–Trinajstić information content (AvgIpc) is 3.43. The summed E-state index contributed by atoms with van der Waals surface area (Å²) in [4.78, 5) is 13.3. The number of nitrogens with zero attached hydrogens (tertiary/aromatic N) is 4. The normalized spacial score (nSPS) is 11.6. The molecule has 4 aromatic carbocycles. The number of anilines is 4. The first-order valence-electron chi connectivity index (χ1n) is 12.7. The zero-order chi connectivity index (χ0) is 26.3. The zero-order valence-electron chi connectivity index (χ0n) is 21.5. The fraction of sp³-hybridized carbons (Fsp3) is 0. The van der Waals surface area contributed by atoms with E-state index in [0.717, 1.165) is 45.4 Å². The standard InChI is InChI=1S/C18H13N3.C17H11N.Ir/c1-2-8-15(9-3-1)20-14-21(18-12-6-7-13-19-18)17-11-5-4-10-16(17)20;1-3-8-14(9-4-1)16-12-7-13-17(18-16)15-10-5-2-6-11-15;/h1-8,10-14H;1-8,10,12-13H;/q2*-2;. The number of para-hydroxylation sites is 3. The largest absolute Gasteiger partial charge is 0.493 e. The number of pyridine rings is 2. The molecule has 0 spiro atoms. The Kier molecular flexibility index (Phi) is 8.77. The van der Waals surface area contributed by atoms with E-state index in [9.17, 15) is 0 Å². The molecule has 6 aromatic rings. The molecule has 0 amide bonds. The number of hydrogen-bond acceptors (Lipinski definition) is 4. The summed E-state index contributed by atoms with van der Waals surface area (Å²) in [5.74, 6) is 0.906. The van der Waals surface area contributed by atoms with E-state index in [4.69, 9.17) is 0 Å². The maximum Gasteiger partial charge on any atom is 0.104 e. The van der Waals surface area contributed by atoms with Crippen LogP contribution in [-0.4, -0.2) is 9.97 Å². The predicted molar refractivity (Wildman–Crippen MR) is 157 cm³/mol. The molecule has 0 N–H and O–H groups in total. The van der Waals surface area contributed by atoms with Crippen LogP contribution < -0.4 is 9.80 Å². The molecular formula is C35H24IrN4-4. The number of aromatic nitrogens is 2. The van der Waals surface area contributed by atoms with Gasteiger partial charge in [0.05, 0.1) is 0 Å². The second-order valence-electron chi connectivity index (χ2n) is 8.74. The summed E-state index contributed by atoms with van der Waals surface area (Å²) < 4.78 is 0. The Morgan fingerprint density at radius 1 is 0.525 bits per heavy atom. The summed E-state index contributed by atoms with van der Waals surface area (Å²) in [6.45, 7) is 2.05. The van der Waals surface area contributed by atoms with E-state index >= 15 is 0 Å². The van der Waals surface area contributed by atoms with Gasteiger partial charge in [-0.15, -0.1) is 84.1 Å². The Labute approximate surface area is 249 Å². The van der Waals surface area contributed by atoms with E-state index in [1.165, 1.54) is 0 Å². The second kappa shape index (κ2) is 13.0. The van der Waals surface area contributed by atoms with Crippen molar-refractivity contribution in [2.45, 2.75) is 0 Å². The van der Waals surface area contributed by atoms with Crippen LogP contribution in [0.25, 0.3) is 22.5 Å². The molecule has 5 heteroatoms. The van der Waals surface area contributed by atoms with Crippen molar-refractivity contribution >= 4 is 22.9 Å². The van der Waals surface area contributed by atoms with Crippen molar-refractivity contribution < 1.29 is 20.1 Å². The SMILES string of the molecule is [Ir].[c-]1ccccc1-c1cccc(-c2[c-]cccc2)n1.[c-]1ccccc1N1[CH-]N(c2ccccn2)c2ccccc21. The molecule has 0 fully saturated rings. The monoisotopic (exact) mass is 693 g/mol. The summed E-state index contributed by atoms with van der Waals surface area (Å²) >= 11 is 0. The van der Waals surface area contributed by atoms with E-state index in [1.807, 2.05) is 121 Å². The minimum Gasteiger partial charge on any atom is -0.493 e. The van der Waals surface area contributed by atoms with Gasteiger partial charge in [-0.05, 0) is 35.7 Å². The van der Waals surface area contributed by atoms with Gasteiger partial charge >= 0.3 is 0 Å². The molecule has 4 nitrogen and oxygen atoms in total. The van der Waals surface area contributed by atoms with E-state index < -0.39 is 0 Å². The Morgan fingerprint density at radius 2 is 1.10 bits per heavy atom. The summed E-state index contributed by atoms with van der Waals surface area (Å²) in [6.07, 6.45) is 1.81. The van der Waals surface area contributed by atoms with Crippen LogP contribution in [0.4, 0.5) is 22.9 Å². The zero-order valence-corrected chi connectivity index (χ0v) is 23.9. The predicted octanol–water partition coefficient (Wildman–Crippen LogP) is 8.30. The fourth-order valence-corrected chi connectivity index (χ4v) is 4.36. The van der Waals surface area contributed by atoms with Gasteiger partial charge in [-0.2, -0.15) is 30.3 Å². The molecule has 40 heavy (non-hydrogen) atoms. The Morgan fingerprint density at radius 3 is 1.65 bits per heavy atom. The van der Waals surface area contributed by atoms with Gasteiger partial charge in [0.1, 0.15) is 5.82 Å². The van der Waals surface area contributed by atoms with Crippen LogP contribution in [-0.2, 0) is 20.1 Å². The first-order chi connectivity index (χ1) is 19.4. The van der Waals surface area contributed by atoms with Gasteiger partial charge in [0.25, 0.3) is 0 Å². The van der Waals surface area contributed by atoms with Gasteiger partial charge in [0.2, 0.25) is 0 Å². The van der Waals surface area contributed by atoms with Gasteiger partial charge in [-0.3, -0.25) is 0 Å². The van der Waals surface area contributed by atoms with Crippen LogP contribution in [0.3, 0.4) is 0 Å². The number of hydrogen-bond donors (Lipinski definition) is 0. The van der Waals surface area contributed by atoms with Crippen molar-refractivity contribution in [2.75, 3.05) is 9.80 Å². The van der Waals surface area contributed by atoms with Gasteiger partial charge in [0.15, 0.2) is 0 Å². The van der Waals surface area contributed by atoms with E-state index in [1.54, 1.807) is 0 Å². The molecule has 0 aliphatic carbocycles. The number of rotatable bonds is 4. The van der Waals surface area contributed by atoms with Crippen LogP contribution in [0.5, 0.6) is 0 Å². The van der Waals surface area contributed by atoms with Gasteiger partial charge in [-0.25, -0.2) is 4.98 Å². The molecule has 3 heterocycles. The van der Waals surface area contributed by atoms with Crippen LogP contribution in [0.2, 0.25) is 0 Å². The van der Waals surface area contributed by atoms with Crippen LogP contribution >= 0.6 is 0 Å². The van der Waals surface area contributed by atoms with Crippen molar-refractivity contribution in [3.63, 3.8) is 0 Å². The maximum absolute atomic E-state index is 4.65. The molecule has 0 atom stereocenters. The van der Waals surface area contributed by atoms with E-state index in [0.29, 0.717) is 0 Å². The topological polar surface area (TPSA) is 32.3 Å². The molecule has 2 aromatic heterocycles. The number of benzene rings is 4. The summed E-state index contributed by atoms with van der Waals surface area (Å²) in [5, 5.41) is 0. The average molecular weight is 693 g/mol. The molecule has 0 unspecified atom stereocenters. The van der Waals surface area contributed by atoms with Crippen LogP contribution in [0.1, 0.15) is 0 Å². The first-order valence-corrected chi connectivity index (χ1v) is 12.7. The summed E-state index contributed by atoms with van der Waals surface area (Å²) in [5.41, 5.74) is 7.16. The molecule has 1 radical (unpaired) electrons. The minimum atomic E-state index is 0. The van der Waals surface area contributed by atoms with Crippen molar-refractivity contribution in [1.82, 2.24) is 9.97 Å². The molecule has 0 saturated heterocycles. The van der Waals surface area contributed by atoms with Gasteiger partial charge in [0, 0.05) is 37.7 Å². The maximum atomic E-state index is 4.65. The summed E-state index contributed by atoms with van der Waals surface area (Å²) in [7, 11) is 0. The molecule has 1 aliphatic heterocycles. The number of fused-ring (bicyclic) bond motifs is 1. The van der Waals surface area contributed by atoms with Crippen molar-refractivity contribution in [1.29, 1.82) is 0 Å². The van der Waals surface area contributed by atoms with E-state index in [2.05, 4.69) is 62.8 Å². The minimum absolute atomic E-state index is 0. The third kappa shape index (κ3) is 6.02. The van der Waals surface area contributed by atoms with Crippen molar-refractivity contribution in [3.05, 3.63) is 165 Å². The van der Waals surface area contributed by atoms with Crippen molar-refractivity contribution in [3.8, 4) is 22.5 Å². The Bertz CT molecular complexity index is 1510. The Balaban J connectivity index is 0.000000159. The summed E-state index contributed by atoms with van der Waals surface area (Å²) in [6, 6.07) is 53.6. The second-order valence-corrected chi connectivity index (χ2v) is 8.74. The Hall–Kier alpha value is -4.57. The quantitative estimate of drug-likeness (QED) is 0.174. The molecular weight excluding hydrogens is 669 g/mol. The van der Waals surface area contributed by atoms with Crippen molar-refractivity contribution in [2.24, 2.45) is 0 Å². The first kappa shape index (κ1) is 27.0. The molecule has 0 bridgehead atoms. The van der Waals surface area contributed by atoms with E-state index in [-0.39, 0.29) is 20.1 Å². The molecule has 197 valence electrons. The molecule has 0 saturated carbocycles. The van der Waals surface area contributed by atoms with Gasteiger partial charge in [-0.1, -0.05) is 36.4 Å². The van der Waals surface area contributed by atoms with Crippen LogP contribution in [0.15, 0.2) is 140 Å². The molecule has 1 aliphatic rings. The smallest absolute Gasteiger partial charge is 0.104 e. The van der Waals surface area contributed by atoms with Crippen LogP contribution in [0, 0.1) is 24.9 Å². The molecule has 7 rings (SSSR count). The fourth-order valence-electron chi connectivity index (χ4n) is 4.36. The third-order valence-electron chi connectivity index (χ3n) is 6.20. The third-order valence-corrected chi connectivity index (χ3v) is 6.20.